The van der Waals surface area contributed by atoms with Crippen molar-refractivity contribution in [3.05, 3.63) is 187 Å². The van der Waals surface area contributed by atoms with E-state index in [4.69, 9.17) is 0 Å². The second-order valence-electron chi connectivity index (χ2n) is 13.5. The Balaban J connectivity index is 1.13. The fraction of sp³-hybridized carbons (Fsp3) is 0.0638. The Bertz CT molecular complexity index is 2620. The van der Waals surface area contributed by atoms with Crippen LogP contribution in [0.3, 0.4) is 0 Å². The van der Waals surface area contributed by atoms with Gasteiger partial charge in [-0.25, -0.2) is 0 Å². The Morgan fingerprint density at radius 3 is 1.98 bits per heavy atom. The standard InChI is InChI=1S/C47H34N2/c1-31-11-10-18-45-47(31)42-29-36(23-26-44(42)48(45)38-14-4-2-5-15-38)35-22-25-43-41(28-35)40-24-21-37(30-46(40)49(43)39-16-6-3-7-17-39)34-20-19-32-12-8-9-13-33(32)27-34/h2-31,47H,1H3. The molecule has 2 unspecified atom stereocenters. The van der Waals surface area contributed by atoms with Gasteiger partial charge >= 0.3 is 0 Å². The first-order valence-electron chi connectivity index (χ1n) is 17.2. The van der Waals surface area contributed by atoms with E-state index in [1.165, 1.54) is 83.2 Å². The van der Waals surface area contributed by atoms with E-state index in [0.717, 1.165) is 0 Å². The molecule has 0 spiro atoms. The highest BCUT2D eigenvalue weighted by Crippen LogP contribution is 2.53. The van der Waals surface area contributed by atoms with Crippen LogP contribution >= 0.6 is 0 Å². The lowest BCUT2D eigenvalue weighted by molar-refractivity contribution is 0.618. The van der Waals surface area contributed by atoms with Crippen LogP contribution in [0.4, 0.5) is 11.4 Å². The number of benzene rings is 7. The number of hydrogen-bond acceptors (Lipinski definition) is 1. The van der Waals surface area contributed by atoms with Crippen molar-refractivity contribution < 1.29 is 0 Å². The molecule has 49 heavy (non-hydrogen) atoms. The third-order valence-electron chi connectivity index (χ3n) is 10.6. The molecule has 2 aliphatic rings. The number of rotatable bonds is 4. The van der Waals surface area contributed by atoms with Gasteiger partial charge < -0.3 is 9.47 Å². The molecule has 1 aromatic heterocycles. The first-order valence-corrected chi connectivity index (χ1v) is 17.2. The van der Waals surface area contributed by atoms with Crippen molar-refractivity contribution in [1.29, 1.82) is 0 Å². The van der Waals surface area contributed by atoms with Crippen LogP contribution in [0, 0.1) is 5.92 Å². The lowest BCUT2D eigenvalue weighted by Gasteiger charge is -2.27. The van der Waals surface area contributed by atoms with Crippen molar-refractivity contribution in [2.24, 2.45) is 5.92 Å². The predicted molar refractivity (Wildman–Crippen MR) is 207 cm³/mol. The molecule has 0 bridgehead atoms. The zero-order valence-electron chi connectivity index (χ0n) is 27.3. The van der Waals surface area contributed by atoms with Gasteiger partial charge in [0.25, 0.3) is 0 Å². The Labute approximate surface area is 286 Å². The third-order valence-corrected chi connectivity index (χ3v) is 10.6. The molecule has 0 N–H and O–H groups in total. The Morgan fingerprint density at radius 2 is 1.14 bits per heavy atom. The van der Waals surface area contributed by atoms with Crippen molar-refractivity contribution in [1.82, 2.24) is 4.57 Å². The molecule has 10 rings (SSSR count). The third kappa shape index (κ3) is 4.41. The molecule has 8 aromatic rings. The number of fused-ring (bicyclic) bond motifs is 7. The van der Waals surface area contributed by atoms with Gasteiger partial charge in [-0.05, 0) is 111 Å². The second-order valence-corrected chi connectivity index (χ2v) is 13.5. The molecule has 0 saturated heterocycles. The zero-order valence-corrected chi connectivity index (χ0v) is 27.3. The van der Waals surface area contributed by atoms with E-state index in [2.05, 4.69) is 192 Å². The largest absolute Gasteiger partial charge is 0.313 e. The van der Waals surface area contributed by atoms with Crippen LogP contribution in [0.15, 0.2) is 182 Å². The van der Waals surface area contributed by atoms with Gasteiger partial charge in [0.1, 0.15) is 0 Å². The van der Waals surface area contributed by atoms with Crippen LogP contribution in [-0.2, 0) is 0 Å². The normalized spacial score (nSPS) is 16.7. The molecule has 2 heterocycles. The maximum atomic E-state index is 2.45. The number of allylic oxidation sites excluding steroid dienone is 4. The van der Waals surface area contributed by atoms with E-state index in [0.29, 0.717) is 11.8 Å². The zero-order chi connectivity index (χ0) is 32.5. The van der Waals surface area contributed by atoms with Crippen LogP contribution in [0.1, 0.15) is 18.4 Å². The molecule has 0 fully saturated rings. The Kier molecular flexibility index (Phi) is 6.25. The van der Waals surface area contributed by atoms with Crippen LogP contribution in [-0.4, -0.2) is 4.57 Å². The number of aromatic nitrogens is 1. The molecule has 2 heteroatoms. The summed E-state index contributed by atoms with van der Waals surface area (Å²) in [7, 11) is 0. The van der Waals surface area contributed by atoms with E-state index >= 15 is 0 Å². The quantitative estimate of drug-likeness (QED) is 0.189. The molecule has 232 valence electrons. The second kappa shape index (κ2) is 11.0. The van der Waals surface area contributed by atoms with E-state index in [1.54, 1.807) is 0 Å². The first-order chi connectivity index (χ1) is 24.2. The van der Waals surface area contributed by atoms with E-state index in [9.17, 15) is 0 Å². The highest BCUT2D eigenvalue weighted by molar-refractivity contribution is 6.11. The van der Waals surface area contributed by atoms with Crippen molar-refractivity contribution in [2.75, 3.05) is 4.90 Å². The van der Waals surface area contributed by atoms with Crippen LogP contribution in [0.5, 0.6) is 0 Å². The molecule has 1 aliphatic heterocycles. The number of anilines is 2. The summed E-state index contributed by atoms with van der Waals surface area (Å²) in [6, 6.07) is 58.0. The number of nitrogens with zero attached hydrogens (tertiary/aromatic N) is 2. The number of hydrogen-bond donors (Lipinski definition) is 0. The minimum atomic E-state index is 0.331. The highest BCUT2D eigenvalue weighted by atomic mass is 15.2. The molecule has 7 aromatic carbocycles. The summed E-state index contributed by atoms with van der Waals surface area (Å²) in [5.74, 6) is 0.753. The Morgan fingerprint density at radius 1 is 0.490 bits per heavy atom. The SMILES string of the molecule is CC1C=CC=C2C1c1cc(-c3ccc4c(c3)c3ccc(-c5ccc6ccccc6c5)cc3n4-c3ccccc3)ccc1N2c1ccccc1. The van der Waals surface area contributed by atoms with E-state index in [-0.39, 0.29) is 0 Å². The average molecular weight is 627 g/mol. The minimum Gasteiger partial charge on any atom is -0.313 e. The summed E-state index contributed by atoms with van der Waals surface area (Å²) in [4.78, 5) is 2.45. The predicted octanol–water partition coefficient (Wildman–Crippen LogP) is 12.6. The summed E-state index contributed by atoms with van der Waals surface area (Å²) in [6.45, 7) is 2.34. The molecule has 1 aliphatic carbocycles. The van der Waals surface area contributed by atoms with Crippen molar-refractivity contribution in [3.63, 3.8) is 0 Å². The smallest absolute Gasteiger partial charge is 0.0547 e. The Hall–Kier alpha value is -6.12. The van der Waals surface area contributed by atoms with Gasteiger partial charge in [0.05, 0.1) is 11.0 Å². The molecule has 0 amide bonds. The maximum Gasteiger partial charge on any atom is 0.0547 e. The monoisotopic (exact) mass is 626 g/mol. The van der Waals surface area contributed by atoms with Gasteiger partial charge in [0, 0.05) is 39.4 Å². The van der Waals surface area contributed by atoms with Crippen molar-refractivity contribution in [2.45, 2.75) is 12.8 Å². The van der Waals surface area contributed by atoms with Gasteiger partial charge in [0.15, 0.2) is 0 Å². The molecule has 2 nitrogen and oxygen atoms in total. The maximum absolute atomic E-state index is 2.45. The minimum absolute atomic E-state index is 0.331. The topological polar surface area (TPSA) is 8.17 Å². The molecule has 0 saturated carbocycles. The van der Waals surface area contributed by atoms with Gasteiger partial charge in [-0.15, -0.1) is 0 Å². The van der Waals surface area contributed by atoms with Crippen LogP contribution < -0.4 is 4.90 Å². The van der Waals surface area contributed by atoms with Crippen LogP contribution in [0.25, 0.3) is 60.5 Å². The van der Waals surface area contributed by atoms with Gasteiger partial charge in [0.2, 0.25) is 0 Å². The highest BCUT2D eigenvalue weighted by Gasteiger charge is 2.38. The van der Waals surface area contributed by atoms with Crippen LogP contribution in [0.2, 0.25) is 0 Å². The molecular weight excluding hydrogens is 593 g/mol. The van der Waals surface area contributed by atoms with Gasteiger partial charge in [-0.3, -0.25) is 0 Å². The fourth-order valence-electron chi connectivity index (χ4n) is 8.27. The lowest BCUT2D eigenvalue weighted by Crippen LogP contribution is -2.18. The average Bonchev–Trinajstić information content (AvgIpc) is 3.67. The fourth-order valence-corrected chi connectivity index (χ4v) is 8.27. The van der Waals surface area contributed by atoms with Gasteiger partial charge in [-0.1, -0.05) is 116 Å². The van der Waals surface area contributed by atoms with Crippen molar-refractivity contribution >= 4 is 44.0 Å². The lowest BCUT2D eigenvalue weighted by atomic mass is 9.83. The van der Waals surface area contributed by atoms with Gasteiger partial charge in [-0.2, -0.15) is 0 Å². The van der Waals surface area contributed by atoms with Crippen molar-refractivity contribution in [3.8, 4) is 27.9 Å². The molecule has 2 atom stereocenters. The first kappa shape index (κ1) is 27.9. The summed E-state index contributed by atoms with van der Waals surface area (Å²) >= 11 is 0. The summed E-state index contributed by atoms with van der Waals surface area (Å²) in [5, 5.41) is 5.05. The summed E-state index contributed by atoms with van der Waals surface area (Å²) in [6.07, 6.45) is 6.87. The van der Waals surface area contributed by atoms with E-state index < -0.39 is 0 Å². The summed E-state index contributed by atoms with van der Waals surface area (Å²) < 4.78 is 2.42. The summed E-state index contributed by atoms with van der Waals surface area (Å²) in [5.41, 5.74) is 13.8. The molecular formula is C47H34N2. The van der Waals surface area contributed by atoms with E-state index in [1.807, 2.05) is 0 Å². The molecule has 0 radical (unpaired) electrons. The number of para-hydroxylation sites is 2.